The molecule has 4 heterocycles. The van der Waals surface area contributed by atoms with Crippen molar-refractivity contribution < 1.29 is 14.3 Å². The van der Waals surface area contributed by atoms with E-state index in [1.54, 1.807) is 18.9 Å². The number of nitrogens with one attached hydrogen (secondary N) is 2. The molecule has 2 saturated heterocycles. The Labute approximate surface area is 163 Å². The monoisotopic (exact) mass is 390 g/mol. The molecular formula is C19H26N4O3S. The second kappa shape index (κ2) is 6.46. The second-order valence-corrected chi connectivity index (χ2v) is 9.24. The first-order chi connectivity index (χ1) is 13.1. The summed E-state index contributed by atoms with van der Waals surface area (Å²) in [5.74, 6) is 0.971. The first-order valence-electron chi connectivity index (χ1n) is 9.66. The Morgan fingerprint density at radius 3 is 3.19 bits per heavy atom. The summed E-state index contributed by atoms with van der Waals surface area (Å²) in [6, 6.07) is 4.57. The number of nitrogens with zero attached hydrogens (tertiary/aromatic N) is 2. The van der Waals surface area contributed by atoms with Crippen LogP contribution in [0.25, 0.3) is 0 Å². The molecule has 8 heteroatoms. The number of piperidine rings is 1. The molecule has 0 aliphatic carbocycles. The summed E-state index contributed by atoms with van der Waals surface area (Å²) in [5.41, 5.74) is 2.38. The topological polar surface area (TPSA) is 66.1 Å². The maximum atomic E-state index is 12.9. The number of methoxy groups -OCH3 is 1. The van der Waals surface area contributed by atoms with E-state index in [9.17, 15) is 4.79 Å². The summed E-state index contributed by atoms with van der Waals surface area (Å²) < 4.78 is 11.0. The maximum absolute atomic E-state index is 12.9. The zero-order valence-corrected chi connectivity index (χ0v) is 16.6. The molecule has 1 aromatic carbocycles. The van der Waals surface area contributed by atoms with Gasteiger partial charge in [0.1, 0.15) is 5.75 Å². The van der Waals surface area contributed by atoms with Crippen LogP contribution in [0, 0.1) is 0 Å². The van der Waals surface area contributed by atoms with Gasteiger partial charge < -0.3 is 20.1 Å². The zero-order chi connectivity index (χ0) is 18.6. The van der Waals surface area contributed by atoms with E-state index in [0.29, 0.717) is 0 Å². The van der Waals surface area contributed by atoms with Crippen molar-refractivity contribution in [1.29, 1.82) is 0 Å². The second-order valence-electron chi connectivity index (χ2n) is 7.80. The number of likely N-dealkylation sites (tertiary alicyclic amines) is 1. The Morgan fingerprint density at radius 1 is 1.44 bits per heavy atom. The first kappa shape index (κ1) is 17.5. The van der Waals surface area contributed by atoms with E-state index in [0.717, 1.165) is 57.1 Å². The van der Waals surface area contributed by atoms with Gasteiger partial charge in [-0.05, 0) is 25.5 Å². The molecule has 0 radical (unpaired) electrons. The minimum Gasteiger partial charge on any atom is -0.493 e. The van der Waals surface area contributed by atoms with Crippen LogP contribution in [0.4, 0.5) is 10.5 Å². The maximum Gasteiger partial charge on any atom is 0.320 e. The fraction of sp³-hybridized carbons (Fsp3) is 0.632. The van der Waals surface area contributed by atoms with Gasteiger partial charge in [0.25, 0.3) is 0 Å². The molecule has 2 N–H and O–H groups in total. The Morgan fingerprint density at radius 2 is 2.33 bits per heavy atom. The summed E-state index contributed by atoms with van der Waals surface area (Å²) in [5, 5.41) is 6.89. The number of urea groups is 1. The van der Waals surface area contributed by atoms with Gasteiger partial charge in [-0.3, -0.25) is 9.80 Å². The largest absolute Gasteiger partial charge is 0.493 e. The number of amides is 2. The summed E-state index contributed by atoms with van der Waals surface area (Å²) in [6.07, 6.45) is 1.90. The number of benzene rings is 1. The SMILES string of the molecule is COCCN1CCC2NC(=O)N(C3(C)Nc4c(ccc5c4CCO5)S3)C2C1. The number of fused-ring (bicyclic) bond motifs is 4. The van der Waals surface area contributed by atoms with Gasteiger partial charge in [-0.1, -0.05) is 11.8 Å². The van der Waals surface area contributed by atoms with Gasteiger partial charge in [0.05, 0.1) is 31.0 Å². The van der Waals surface area contributed by atoms with Crippen LogP contribution in [0.1, 0.15) is 18.9 Å². The highest BCUT2D eigenvalue weighted by atomic mass is 32.2. The third-order valence-electron chi connectivity index (χ3n) is 6.10. The Bertz CT molecular complexity index is 776. The van der Waals surface area contributed by atoms with Crippen LogP contribution in [-0.4, -0.2) is 72.9 Å². The average Bonchev–Trinajstić information content (AvgIpc) is 3.33. The molecule has 0 aromatic heterocycles. The smallest absolute Gasteiger partial charge is 0.320 e. The third-order valence-corrected chi connectivity index (χ3v) is 7.36. The highest BCUT2D eigenvalue weighted by Crippen LogP contribution is 2.52. The van der Waals surface area contributed by atoms with Gasteiger partial charge in [0.15, 0.2) is 4.99 Å². The van der Waals surface area contributed by atoms with Crippen LogP contribution in [0.15, 0.2) is 17.0 Å². The molecule has 146 valence electrons. The molecule has 1 aromatic rings. The number of anilines is 1. The van der Waals surface area contributed by atoms with Gasteiger partial charge in [-0.2, -0.15) is 0 Å². The van der Waals surface area contributed by atoms with Crippen LogP contribution in [0.5, 0.6) is 5.75 Å². The summed E-state index contributed by atoms with van der Waals surface area (Å²) in [4.78, 5) is 18.1. The molecule has 5 rings (SSSR count). The molecule has 0 spiro atoms. The lowest BCUT2D eigenvalue weighted by Crippen LogP contribution is -2.58. The zero-order valence-electron chi connectivity index (χ0n) is 15.8. The minimum atomic E-state index is -0.492. The van der Waals surface area contributed by atoms with Crippen molar-refractivity contribution in [2.24, 2.45) is 0 Å². The van der Waals surface area contributed by atoms with E-state index in [1.165, 1.54) is 10.5 Å². The van der Waals surface area contributed by atoms with Crippen molar-refractivity contribution in [3.05, 3.63) is 17.7 Å². The molecule has 0 bridgehead atoms. The lowest BCUT2D eigenvalue weighted by atomic mass is 9.99. The summed E-state index contributed by atoms with van der Waals surface area (Å²) >= 11 is 1.74. The fourth-order valence-corrected chi connectivity index (χ4v) is 6.11. The number of carbonyl (C=O) groups is 1. The Kier molecular flexibility index (Phi) is 4.18. The van der Waals surface area contributed by atoms with Gasteiger partial charge >= 0.3 is 6.03 Å². The van der Waals surface area contributed by atoms with Crippen molar-refractivity contribution in [2.75, 3.05) is 45.3 Å². The highest BCUT2D eigenvalue weighted by molar-refractivity contribution is 8.01. The van der Waals surface area contributed by atoms with Crippen molar-refractivity contribution in [3.8, 4) is 5.75 Å². The third kappa shape index (κ3) is 2.77. The van der Waals surface area contributed by atoms with E-state index >= 15 is 0 Å². The number of rotatable bonds is 4. The van der Waals surface area contributed by atoms with E-state index in [-0.39, 0.29) is 18.1 Å². The average molecular weight is 391 g/mol. The molecule has 7 nitrogen and oxygen atoms in total. The number of hydrogen-bond acceptors (Lipinski definition) is 6. The van der Waals surface area contributed by atoms with Crippen molar-refractivity contribution in [3.63, 3.8) is 0 Å². The van der Waals surface area contributed by atoms with E-state index in [1.807, 2.05) is 4.90 Å². The normalized spacial score (nSPS) is 31.8. The standard InChI is InChI=1S/C19H26N4O3S/c1-19(21-17-12-6-9-26-15(12)3-4-16(17)27-19)23-14-11-22(8-10-25-2)7-5-13(14)20-18(23)24/h3-4,13-14,21H,5-11H2,1-2H3,(H,20,24). The number of hydrogen-bond donors (Lipinski definition) is 2. The minimum absolute atomic E-state index is 0.0294. The molecule has 4 aliphatic rings. The Balaban J connectivity index is 1.41. The molecule has 3 unspecified atom stereocenters. The van der Waals surface area contributed by atoms with Crippen LogP contribution in [-0.2, 0) is 11.2 Å². The number of ether oxygens (including phenoxy) is 2. The predicted molar refractivity (Wildman–Crippen MR) is 104 cm³/mol. The number of thioether (sulfide) groups is 1. The molecule has 3 atom stereocenters. The van der Waals surface area contributed by atoms with Crippen molar-refractivity contribution in [1.82, 2.24) is 15.1 Å². The van der Waals surface area contributed by atoms with Gasteiger partial charge in [0.2, 0.25) is 0 Å². The van der Waals surface area contributed by atoms with E-state index < -0.39 is 4.99 Å². The summed E-state index contributed by atoms with van der Waals surface area (Å²) in [7, 11) is 1.74. The van der Waals surface area contributed by atoms with Crippen molar-refractivity contribution >= 4 is 23.5 Å². The van der Waals surface area contributed by atoms with Gasteiger partial charge in [0, 0.05) is 43.6 Å². The van der Waals surface area contributed by atoms with E-state index in [2.05, 4.69) is 34.6 Å². The molecule has 27 heavy (non-hydrogen) atoms. The molecule has 4 aliphatic heterocycles. The molecular weight excluding hydrogens is 364 g/mol. The predicted octanol–water partition coefficient (Wildman–Crippen LogP) is 1.93. The van der Waals surface area contributed by atoms with E-state index in [4.69, 9.17) is 9.47 Å². The first-order valence-corrected chi connectivity index (χ1v) is 10.5. The lowest BCUT2D eigenvalue weighted by Gasteiger charge is -2.43. The van der Waals surface area contributed by atoms with Crippen LogP contribution in [0.3, 0.4) is 0 Å². The highest BCUT2D eigenvalue weighted by Gasteiger charge is 2.53. The van der Waals surface area contributed by atoms with Gasteiger partial charge in [-0.25, -0.2) is 4.79 Å². The Hall–Kier alpha value is -1.64. The number of carbonyl (C=O) groups excluding carboxylic acids is 1. The lowest BCUT2D eigenvalue weighted by molar-refractivity contribution is 0.0857. The van der Waals surface area contributed by atoms with Crippen LogP contribution >= 0.6 is 11.8 Å². The quantitative estimate of drug-likeness (QED) is 0.819. The van der Waals surface area contributed by atoms with Gasteiger partial charge in [-0.15, -0.1) is 0 Å². The molecule has 0 saturated carbocycles. The van der Waals surface area contributed by atoms with Crippen LogP contribution in [0.2, 0.25) is 0 Å². The summed E-state index contributed by atoms with van der Waals surface area (Å²) in [6.45, 7) is 6.36. The fourth-order valence-electron chi connectivity index (χ4n) is 4.80. The van der Waals surface area contributed by atoms with Crippen LogP contribution < -0.4 is 15.4 Å². The molecule has 2 amide bonds. The molecule has 2 fully saturated rings. The van der Waals surface area contributed by atoms with Crippen molar-refractivity contribution in [2.45, 2.75) is 41.7 Å².